The number of amides is 2. The molecule has 1 aliphatic heterocycles. The van der Waals surface area contributed by atoms with E-state index in [4.69, 9.17) is 4.98 Å². The van der Waals surface area contributed by atoms with Crippen LogP contribution in [0.5, 0.6) is 0 Å². The van der Waals surface area contributed by atoms with Crippen LogP contribution in [-0.4, -0.2) is 38.6 Å². The Kier molecular flexibility index (Phi) is 5.03. The van der Waals surface area contributed by atoms with Crippen molar-refractivity contribution in [2.45, 2.75) is 46.1 Å². The molecule has 6 heteroatoms. The van der Waals surface area contributed by atoms with Gasteiger partial charge in [0, 0.05) is 37.4 Å². The highest BCUT2D eigenvalue weighted by molar-refractivity contribution is 5.89. The Bertz CT molecular complexity index is 989. The molecule has 0 saturated carbocycles. The van der Waals surface area contributed by atoms with Crippen molar-refractivity contribution in [3.8, 4) is 0 Å². The van der Waals surface area contributed by atoms with Crippen LogP contribution in [0, 0.1) is 13.8 Å². The van der Waals surface area contributed by atoms with Crippen LogP contribution in [0.3, 0.4) is 0 Å². The quantitative estimate of drug-likeness (QED) is 0.729. The summed E-state index contributed by atoms with van der Waals surface area (Å²) in [6.07, 6.45) is 3.77. The first kappa shape index (κ1) is 18.5. The number of fused-ring (bicyclic) bond motifs is 1. The Morgan fingerprint density at radius 3 is 2.79 bits per heavy atom. The molecule has 1 fully saturated rings. The summed E-state index contributed by atoms with van der Waals surface area (Å²) in [5, 5.41) is 3.05. The molecule has 146 valence electrons. The Hall–Kier alpha value is -2.89. The molecule has 3 heterocycles. The molecule has 1 N–H and O–H groups in total. The molecule has 0 radical (unpaired) electrons. The lowest BCUT2D eigenvalue weighted by molar-refractivity contribution is 0.222. The van der Waals surface area contributed by atoms with E-state index in [0.717, 1.165) is 59.7 Å². The molecule has 0 spiro atoms. The number of likely N-dealkylation sites (tertiary alicyclic amines) is 1. The summed E-state index contributed by atoms with van der Waals surface area (Å²) in [7, 11) is 0. The molecule has 2 aromatic heterocycles. The van der Waals surface area contributed by atoms with Crippen molar-refractivity contribution >= 4 is 22.9 Å². The van der Waals surface area contributed by atoms with E-state index in [9.17, 15) is 4.79 Å². The van der Waals surface area contributed by atoms with E-state index < -0.39 is 0 Å². The average molecular weight is 377 g/mol. The number of imidazole rings is 1. The largest absolute Gasteiger partial charge is 0.324 e. The van der Waals surface area contributed by atoms with Gasteiger partial charge in [-0.25, -0.2) is 14.8 Å². The lowest BCUT2D eigenvalue weighted by Crippen LogP contribution is -2.33. The predicted octanol–water partition coefficient (Wildman–Crippen LogP) is 4.48. The third-order valence-electron chi connectivity index (χ3n) is 5.29. The molecular formula is C22H27N5O. The maximum Gasteiger partial charge on any atom is 0.321 e. The van der Waals surface area contributed by atoms with Gasteiger partial charge in [0.1, 0.15) is 11.3 Å². The summed E-state index contributed by atoms with van der Waals surface area (Å²) in [6, 6.07) is 10.0. The number of aryl methyl sites for hydroxylation is 3. The number of anilines is 1. The number of aromatic nitrogens is 3. The van der Waals surface area contributed by atoms with Gasteiger partial charge in [0.25, 0.3) is 0 Å². The molecule has 2 amide bonds. The number of nitrogens with zero attached hydrogens (tertiary/aromatic N) is 4. The van der Waals surface area contributed by atoms with Crippen molar-refractivity contribution < 1.29 is 4.79 Å². The summed E-state index contributed by atoms with van der Waals surface area (Å²) in [5.41, 5.74) is 5.03. The van der Waals surface area contributed by atoms with Gasteiger partial charge in [0.15, 0.2) is 5.65 Å². The van der Waals surface area contributed by atoms with Gasteiger partial charge in [-0.15, -0.1) is 0 Å². The van der Waals surface area contributed by atoms with E-state index in [1.165, 1.54) is 0 Å². The maximum atomic E-state index is 12.8. The SMILES string of the molecule is CCCn1c([C@H]2CCN(C(=O)Nc3cc(C)cc(C)c3)C2)nc2cccnc21. The van der Waals surface area contributed by atoms with Crippen LogP contribution < -0.4 is 5.32 Å². The average Bonchev–Trinajstić information content (AvgIpc) is 3.26. The fourth-order valence-corrected chi connectivity index (χ4v) is 4.14. The van der Waals surface area contributed by atoms with E-state index >= 15 is 0 Å². The van der Waals surface area contributed by atoms with E-state index in [1.54, 1.807) is 0 Å². The zero-order chi connectivity index (χ0) is 19.7. The minimum atomic E-state index is -0.0382. The maximum absolute atomic E-state index is 12.8. The number of rotatable bonds is 4. The molecule has 28 heavy (non-hydrogen) atoms. The lowest BCUT2D eigenvalue weighted by atomic mass is 10.1. The number of hydrogen-bond donors (Lipinski definition) is 1. The zero-order valence-corrected chi connectivity index (χ0v) is 16.8. The summed E-state index contributed by atoms with van der Waals surface area (Å²) >= 11 is 0. The van der Waals surface area contributed by atoms with Gasteiger partial charge in [-0.3, -0.25) is 0 Å². The van der Waals surface area contributed by atoms with Gasteiger partial charge in [-0.2, -0.15) is 0 Å². The van der Waals surface area contributed by atoms with Crippen LogP contribution in [0.2, 0.25) is 0 Å². The molecule has 0 aliphatic carbocycles. The number of urea groups is 1. The van der Waals surface area contributed by atoms with Crippen molar-refractivity contribution in [1.82, 2.24) is 19.4 Å². The number of pyridine rings is 1. The molecule has 1 aliphatic rings. The van der Waals surface area contributed by atoms with Gasteiger partial charge in [-0.1, -0.05) is 13.0 Å². The molecule has 4 rings (SSSR count). The standard InChI is InChI=1S/C22H27N5O/c1-4-9-27-20(25-19-6-5-8-23-21(19)27)17-7-10-26(14-17)22(28)24-18-12-15(2)11-16(3)13-18/h5-6,8,11-13,17H,4,7,9-10,14H2,1-3H3,(H,24,28)/t17-/m0/s1. The van der Waals surface area contributed by atoms with Crippen molar-refractivity contribution in [3.63, 3.8) is 0 Å². The molecule has 1 aromatic carbocycles. The topological polar surface area (TPSA) is 63.1 Å². The number of carbonyl (C=O) groups excluding carboxylic acids is 1. The number of nitrogens with one attached hydrogen (secondary N) is 1. The minimum Gasteiger partial charge on any atom is -0.324 e. The highest BCUT2D eigenvalue weighted by Gasteiger charge is 2.31. The van der Waals surface area contributed by atoms with Crippen LogP contribution in [-0.2, 0) is 6.54 Å². The normalized spacial score (nSPS) is 16.7. The molecule has 6 nitrogen and oxygen atoms in total. The van der Waals surface area contributed by atoms with E-state index in [1.807, 2.05) is 49.2 Å². The van der Waals surface area contributed by atoms with Gasteiger partial charge in [0.2, 0.25) is 0 Å². The van der Waals surface area contributed by atoms with E-state index in [2.05, 4.69) is 27.9 Å². The number of hydrogen-bond acceptors (Lipinski definition) is 3. The zero-order valence-electron chi connectivity index (χ0n) is 16.8. The smallest absolute Gasteiger partial charge is 0.321 e. The predicted molar refractivity (Wildman–Crippen MR) is 112 cm³/mol. The van der Waals surface area contributed by atoms with Crippen LogP contribution in [0.15, 0.2) is 36.5 Å². The minimum absolute atomic E-state index is 0.0382. The van der Waals surface area contributed by atoms with Crippen LogP contribution in [0.4, 0.5) is 10.5 Å². The molecule has 0 bridgehead atoms. The third kappa shape index (κ3) is 3.59. The van der Waals surface area contributed by atoms with Crippen LogP contribution in [0.1, 0.15) is 42.6 Å². The van der Waals surface area contributed by atoms with Gasteiger partial charge < -0.3 is 14.8 Å². The Labute approximate surface area is 165 Å². The summed E-state index contributed by atoms with van der Waals surface area (Å²) in [5.74, 6) is 1.29. The molecule has 1 atom stereocenters. The second-order valence-electron chi connectivity index (χ2n) is 7.71. The highest BCUT2D eigenvalue weighted by Crippen LogP contribution is 2.29. The molecule has 0 unspecified atom stereocenters. The first-order valence-electron chi connectivity index (χ1n) is 10.0. The molecule has 1 saturated heterocycles. The van der Waals surface area contributed by atoms with Crippen molar-refractivity contribution in [2.75, 3.05) is 18.4 Å². The second-order valence-corrected chi connectivity index (χ2v) is 7.71. The van der Waals surface area contributed by atoms with Crippen molar-refractivity contribution in [3.05, 3.63) is 53.5 Å². The summed E-state index contributed by atoms with van der Waals surface area (Å²) in [6.45, 7) is 8.57. The van der Waals surface area contributed by atoms with Gasteiger partial charge in [-0.05, 0) is 62.1 Å². The summed E-state index contributed by atoms with van der Waals surface area (Å²) < 4.78 is 2.23. The van der Waals surface area contributed by atoms with Gasteiger partial charge in [0.05, 0.1) is 0 Å². The lowest BCUT2D eigenvalue weighted by Gasteiger charge is -2.18. The van der Waals surface area contributed by atoms with E-state index in [0.29, 0.717) is 6.54 Å². The summed E-state index contributed by atoms with van der Waals surface area (Å²) in [4.78, 5) is 24.0. The first-order chi connectivity index (χ1) is 13.5. The first-order valence-corrected chi connectivity index (χ1v) is 10.0. The Balaban J connectivity index is 1.51. The fourth-order valence-electron chi connectivity index (χ4n) is 4.14. The third-order valence-corrected chi connectivity index (χ3v) is 5.29. The van der Waals surface area contributed by atoms with Gasteiger partial charge >= 0.3 is 6.03 Å². The van der Waals surface area contributed by atoms with Crippen molar-refractivity contribution in [1.29, 1.82) is 0 Å². The monoisotopic (exact) mass is 377 g/mol. The van der Waals surface area contributed by atoms with Crippen molar-refractivity contribution in [2.24, 2.45) is 0 Å². The second kappa shape index (κ2) is 7.62. The number of carbonyl (C=O) groups is 1. The van der Waals surface area contributed by atoms with Crippen LogP contribution in [0.25, 0.3) is 11.2 Å². The highest BCUT2D eigenvalue weighted by atomic mass is 16.2. The van der Waals surface area contributed by atoms with Crippen LogP contribution >= 0.6 is 0 Å². The van der Waals surface area contributed by atoms with E-state index in [-0.39, 0.29) is 11.9 Å². The Morgan fingerprint density at radius 1 is 1.25 bits per heavy atom. The molecular weight excluding hydrogens is 350 g/mol. The Morgan fingerprint density at radius 2 is 2.04 bits per heavy atom. The number of benzene rings is 1. The fraction of sp³-hybridized carbons (Fsp3) is 0.409. The molecule has 3 aromatic rings.